The Bertz CT molecular complexity index is 797. The summed E-state index contributed by atoms with van der Waals surface area (Å²) in [5, 5.41) is 5.94. The van der Waals surface area contributed by atoms with Crippen molar-refractivity contribution in [1.82, 2.24) is 0 Å². The zero-order valence-electron chi connectivity index (χ0n) is 14.7. The van der Waals surface area contributed by atoms with Gasteiger partial charge in [0, 0.05) is 12.2 Å². The first-order valence-corrected chi connectivity index (χ1v) is 10.1. The van der Waals surface area contributed by atoms with Crippen molar-refractivity contribution in [3.05, 3.63) is 42.0 Å². The number of hydrogen-bond donors (Lipinski definition) is 2. The molecular weight excluding hydrogens is 322 g/mol. The maximum absolute atomic E-state index is 10.8. The predicted octanol–water partition coefficient (Wildman–Crippen LogP) is 4.61. The van der Waals surface area contributed by atoms with Gasteiger partial charge in [0.25, 0.3) is 10.1 Å². The van der Waals surface area contributed by atoms with Gasteiger partial charge >= 0.3 is 0 Å². The van der Waals surface area contributed by atoms with Crippen LogP contribution in [0, 0.1) is 0 Å². The lowest BCUT2D eigenvalue weighted by Gasteiger charge is -2.28. The van der Waals surface area contributed by atoms with Crippen molar-refractivity contribution in [2.24, 2.45) is 0 Å². The van der Waals surface area contributed by atoms with E-state index in [1.54, 1.807) is 0 Å². The van der Waals surface area contributed by atoms with Gasteiger partial charge in [-0.25, -0.2) is 0 Å². The van der Waals surface area contributed by atoms with Gasteiger partial charge in [-0.15, -0.1) is 0 Å². The molecule has 2 aromatic rings. The van der Waals surface area contributed by atoms with Crippen LogP contribution in [-0.4, -0.2) is 25.3 Å². The molecular formula is C19H27NO3S. The number of unbranched alkanes of at least 4 members (excludes halogenated alkanes) is 1. The van der Waals surface area contributed by atoms with E-state index in [2.05, 4.69) is 56.4 Å². The smallest absolute Gasteiger partial charge is 0.264 e. The highest BCUT2D eigenvalue weighted by Crippen LogP contribution is 2.38. The standard InChI is InChI=1S/C19H27NO3S/c1-4-19(2,3)18-16-10-6-5-9-15(16)11-12-17(18)20-13-7-8-14-24(21,22)23/h5-6,9-12,20H,4,7-8,13-14H2,1-3H3,(H,21,22,23). The molecule has 2 N–H and O–H groups in total. The van der Waals surface area contributed by atoms with E-state index in [4.69, 9.17) is 4.55 Å². The molecule has 0 saturated heterocycles. The van der Waals surface area contributed by atoms with Gasteiger partial charge in [-0.2, -0.15) is 8.42 Å². The maximum Gasteiger partial charge on any atom is 0.264 e. The fourth-order valence-electron chi connectivity index (χ4n) is 2.96. The number of hydrogen-bond acceptors (Lipinski definition) is 3. The Kier molecular flexibility index (Phi) is 5.88. The summed E-state index contributed by atoms with van der Waals surface area (Å²) in [6, 6.07) is 12.6. The Morgan fingerprint density at radius 3 is 2.46 bits per heavy atom. The van der Waals surface area contributed by atoms with Crippen LogP contribution in [0.1, 0.15) is 45.6 Å². The normalized spacial score (nSPS) is 12.5. The lowest BCUT2D eigenvalue weighted by Crippen LogP contribution is -2.19. The molecule has 0 saturated carbocycles. The molecule has 0 aliphatic rings. The third-order valence-electron chi connectivity index (χ3n) is 4.63. The van der Waals surface area contributed by atoms with Crippen molar-refractivity contribution in [2.75, 3.05) is 17.6 Å². The first-order valence-electron chi connectivity index (χ1n) is 8.46. The summed E-state index contributed by atoms with van der Waals surface area (Å²) in [6.07, 6.45) is 2.17. The van der Waals surface area contributed by atoms with Gasteiger partial charge < -0.3 is 5.32 Å². The van der Waals surface area contributed by atoms with E-state index < -0.39 is 10.1 Å². The van der Waals surface area contributed by atoms with Crippen LogP contribution in [0.5, 0.6) is 0 Å². The predicted molar refractivity (Wildman–Crippen MR) is 101 cm³/mol. The molecule has 0 radical (unpaired) electrons. The lowest BCUT2D eigenvalue weighted by molar-refractivity contribution is 0.480. The van der Waals surface area contributed by atoms with Gasteiger partial charge in [0.1, 0.15) is 0 Å². The SMILES string of the molecule is CCC(C)(C)c1c(NCCCCS(=O)(=O)O)ccc2ccccc12. The fourth-order valence-corrected chi connectivity index (χ4v) is 3.53. The van der Waals surface area contributed by atoms with Gasteiger partial charge in [-0.1, -0.05) is 51.1 Å². The van der Waals surface area contributed by atoms with Crippen molar-refractivity contribution >= 4 is 26.6 Å². The Hall–Kier alpha value is -1.59. The quantitative estimate of drug-likeness (QED) is 0.539. The molecule has 0 fully saturated rings. The molecule has 132 valence electrons. The minimum atomic E-state index is -3.86. The third kappa shape index (κ3) is 4.71. The van der Waals surface area contributed by atoms with Crippen molar-refractivity contribution in [1.29, 1.82) is 0 Å². The number of benzene rings is 2. The van der Waals surface area contributed by atoms with Crippen molar-refractivity contribution < 1.29 is 13.0 Å². The van der Waals surface area contributed by atoms with Gasteiger partial charge in [0.2, 0.25) is 0 Å². The molecule has 0 bridgehead atoms. The average Bonchev–Trinajstić information content (AvgIpc) is 2.52. The van der Waals surface area contributed by atoms with Crippen LogP contribution in [0.2, 0.25) is 0 Å². The van der Waals surface area contributed by atoms with Crippen molar-refractivity contribution in [3.63, 3.8) is 0 Å². The molecule has 0 aliphatic carbocycles. The van der Waals surface area contributed by atoms with Crippen molar-refractivity contribution in [2.45, 2.75) is 45.4 Å². The highest BCUT2D eigenvalue weighted by Gasteiger charge is 2.24. The van der Waals surface area contributed by atoms with E-state index in [-0.39, 0.29) is 11.2 Å². The third-order valence-corrected chi connectivity index (χ3v) is 5.44. The molecule has 0 spiro atoms. The Morgan fingerprint density at radius 1 is 1.08 bits per heavy atom. The van der Waals surface area contributed by atoms with Gasteiger partial charge in [0.05, 0.1) is 5.75 Å². The zero-order chi connectivity index (χ0) is 17.8. The van der Waals surface area contributed by atoms with Crippen LogP contribution in [-0.2, 0) is 15.5 Å². The summed E-state index contributed by atoms with van der Waals surface area (Å²) in [5.74, 6) is -0.181. The molecule has 5 heteroatoms. The summed E-state index contributed by atoms with van der Waals surface area (Å²) in [6.45, 7) is 7.37. The fraction of sp³-hybridized carbons (Fsp3) is 0.474. The van der Waals surface area contributed by atoms with E-state index in [0.717, 1.165) is 12.1 Å². The molecule has 4 nitrogen and oxygen atoms in total. The van der Waals surface area contributed by atoms with Gasteiger partial charge in [-0.05, 0) is 47.1 Å². The van der Waals surface area contributed by atoms with E-state index in [0.29, 0.717) is 19.4 Å². The number of nitrogens with one attached hydrogen (secondary N) is 1. The maximum atomic E-state index is 10.8. The summed E-state index contributed by atoms with van der Waals surface area (Å²) < 4.78 is 30.3. The van der Waals surface area contributed by atoms with E-state index in [1.807, 2.05) is 6.07 Å². The molecule has 2 rings (SSSR count). The van der Waals surface area contributed by atoms with Gasteiger partial charge in [0.15, 0.2) is 0 Å². The van der Waals surface area contributed by atoms with E-state index >= 15 is 0 Å². The number of fused-ring (bicyclic) bond motifs is 1. The second-order valence-electron chi connectivity index (χ2n) is 6.87. The summed E-state index contributed by atoms with van der Waals surface area (Å²) >= 11 is 0. The largest absolute Gasteiger partial charge is 0.385 e. The molecule has 0 amide bonds. The number of rotatable bonds is 8. The van der Waals surface area contributed by atoms with Crippen LogP contribution in [0.4, 0.5) is 5.69 Å². The Morgan fingerprint density at radius 2 is 1.79 bits per heavy atom. The second-order valence-corrected chi connectivity index (χ2v) is 8.44. The Labute approximate surface area is 145 Å². The van der Waals surface area contributed by atoms with E-state index in [9.17, 15) is 8.42 Å². The topological polar surface area (TPSA) is 66.4 Å². The molecule has 24 heavy (non-hydrogen) atoms. The minimum absolute atomic E-state index is 0.0393. The Balaban J connectivity index is 2.22. The highest BCUT2D eigenvalue weighted by molar-refractivity contribution is 7.85. The number of anilines is 1. The first-order chi connectivity index (χ1) is 11.2. The van der Waals surface area contributed by atoms with E-state index in [1.165, 1.54) is 16.3 Å². The molecule has 2 aromatic carbocycles. The summed E-state index contributed by atoms with van der Waals surface area (Å²) in [5.41, 5.74) is 2.45. The van der Waals surface area contributed by atoms with Crippen LogP contribution in [0.15, 0.2) is 36.4 Å². The molecule has 0 aliphatic heterocycles. The monoisotopic (exact) mass is 349 g/mol. The summed E-state index contributed by atoms with van der Waals surface area (Å²) in [4.78, 5) is 0. The lowest BCUT2D eigenvalue weighted by atomic mass is 9.78. The van der Waals surface area contributed by atoms with Crippen LogP contribution in [0.3, 0.4) is 0 Å². The first kappa shape index (κ1) is 18.7. The molecule has 0 atom stereocenters. The van der Waals surface area contributed by atoms with Crippen LogP contribution < -0.4 is 5.32 Å². The highest BCUT2D eigenvalue weighted by atomic mass is 32.2. The molecule has 0 unspecified atom stereocenters. The average molecular weight is 349 g/mol. The van der Waals surface area contributed by atoms with Gasteiger partial charge in [-0.3, -0.25) is 4.55 Å². The minimum Gasteiger partial charge on any atom is -0.385 e. The van der Waals surface area contributed by atoms with Crippen molar-refractivity contribution in [3.8, 4) is 0 Å². The van der Waals surface area contributed by atoms with Crippen LogP contribution in [0.25, 0.3) is 10.8 Å². The zero-order valence-corrected chi connectivity index (χ0v) is 15.5. The molecule has 0 aromatic heterocycles. The molecule has 0 heterocycles. The van der Waals surface area contributed by atoms with Crippen LogP contribution >= 0.6 is 0 Å². The summed E-state index contributed by atoms with van der Waals surface area (Å²) in [7, 11) is -3.86. The second kappa shape index (κ2) is 7.53.